The number of hydrogen-bond donors (Lipinski definition) is 0. The summed E-state index contributed by atoms with van der Waals surface area (Å²) in [5, 5.41) is 7.60. The average Bonchev–Trinajstić information content (AvgIpc) is 3.75. The van der Waals surface area contributed by atoms with Gasteiger partial charge in [-0.05, 0) is 89.5 Å². The molecule has 11 rings (SSSR count). The zero-order valence-electron chi connectivity index (χ0n) is 27.7. The van der Waals surface area contributed by atoms with Crippen molar-refractivity contribution >= 4 is 43.4 Å². The Bertz CT molecular complexity index is 2940. The summed E-state index contributed by atoms with van der Waals surface area (Å²) in [4.78, 5) is 5.20. The van der Waals surface area contributed by atoms with Crippen LogP contribution >= 0.6 is 0 Å². The van der Waals surface area contributed by atoms with Crippen LogP contribution in [0.25, 0.3) is 105 Å². The van der Waals surface area contributed by atoms with Crippen LogP contribution in [0.4, 0.5) is 0 Å². The van der Waals surface area contributed by atoms with Gasteiger partial charge in [-0.2, -0.15) is 0 Å². The molecule has 2 heteroatoms. The van der Waals surface area contributed by atoms with Crippen LogP contribution in [0.5, 0.6) is 0 Å². The van der Waals surface area contributed by atoms with Crippen molar-refractivity contribution in [3.8, 4) is 61.6 Å². The van der Waals surface area contributed by atoms with Gasteiger partial charge in [-0.25, -0.2) is 4.98 Å². The maximum absolute atomic E-state index is 5.20. The first-order chi connectivity index (χ1) is 25.3. The van der Waals surface area contributed by atoms with E-state index in [0.717, 1.165) is 28.1 Å². The van der Waals surface area contributed by atoms with Gasteiger partial charge in [0.2, 0.25) is 0 Å². The minimum atomic E-state index is 0.934. The van der Waals surface area contributed by atoms with Crippen molar-refractivity contribution < 1.29 is 0 Å². The van der Waals surface area contributed by atoms with Gasteiger partial charge in [-0.15, -0.1) is 0 Å². The van der Waals surface area contributed by atoms with E-state index < -0.39 is 0 Å². The van der Waals surface area contributed by atoms with E-state index in [-0.39, 0.29) is 0 Å². The second-order valence-electron chi connectivity index (χ2n) is 13.4. The topological polar surface area (TPSA) is 17.8 Å². The highest BCUT2D eigenvalue weighted by Crippen LogP contribution is 2.52. The SMILES string of the molecule is c1ccc(-c2nc3ccccc3n2-c2ccccc2-c2c3ccccc3c(-c3ccc4c5c(cccc35)-c3ccccc3-4)c3ccccc23)cc1. The van der Waals surface area contributed by atoms with E-state index >= 15 is 0 Å². The lowest BCUT2D eigenvalue weighted by Gasteiger charge is -2.21. The van der Waals surface area contributed by atoms with Gasteiger partial charge in [0.1, 0.15) is 5.82 Å². The first-order valence-corrected chi connectivity index (χ1v) is 17.6. The lowest BCUT2D eigenvalue weighted by atomic mass is 9.84. The van der Waals surface area contributed by atoms with Crippen molar-refractivity contribution in [2.24, 2.45) is 0 Å². The molecule has 10 aromatic rings. The molecule has 0 aliphatic heterocycles. The van der Waals surface area contributed by atoms with E-state index in [9.17, 15) is 0 Å². The summed E-state index contributed by atoms with van der Waals surface area (Å²) in [6.45, 7) is 0. The number of rotatable bonds is 4. The Labute approximate surface area is 295 Å². The Morgan fingerprint density at radius 3 is 1.53 bits per heavy atom. The Hall–Kier alpha value is -6.77. The molecular formula is C49H30N2. The quantitative estimate of drug-likeness (QED) is 0.174. The molecule has 0 N–H and O–H groups in total. The molecule has 0 unspecified atom stereocenters. The molecule has 236 valence electrons. The van der Waals surface area contributed by atoms with Gasteiger partial charge in [-0.1, -0.05) is 164 Å². The van der Waals surface area contributed by atoms with Crippen LogP contribution in [0, 0.1) is 0 Å². The van der Waals surface area contributed by atoms with Gasteiger partial charge in [0.05, 0.1) is 16.7 Å². The summed E-state index contributed by atoms with van der Waals surface area (Å²) in [7, 11) is 0. The highest BCUT2D eigenvalue weighted by molar-refractivity contribution is 6.26. The van der Waals surface area contributed by atoms with Crippen molar-refractivity contribution in [1.29, 1.82) is 0 Å². The van der Waals surface area contributed by atoms with Gasteiger partial charge in [0, 0.05) is 11.1 Å². The van der Waals surface area contributed by atoms with Crippen LogP contribution in [-0.2, 0) is 0 Å². The third kappa shape index (κ3) is 4.02. The molecule has 1 aliphatic carbocycles. The van der Waals surface area contributed by atoms with Crippen LogP contribution in [0.3, 0.4) is 0 Å². The Balaban J connectivity index is 1.23. The summed E-state index contributed by atoms with van der Waals surface area (Å²) in [5.41, 5.74) is 14.5. The number of nitrogens with zero attached hydrogens (tertiary/aromatic N) is 2. The normalized spacial score (nSPS) is 11.9. The van der Waals surface area contributed by atoms with Crippen molar-refractivity contribution in [2.75, 3.05) is 0 Å². The minimum absolute atomic E-state index is 0.934. The zero-order valence-corrected chi connectivity index (χ0v) is 27.7. The lowest BCUT2D eigenvalue weighted by Crippen LogP contribution is -2.01. The predicted molar refractivity (Wildman–Crippen MR) is 214 cm³/mol. The monoisotopic (exact) mass is 646 g/mol. The van der Waals surface area contributed by atoms with Gasteiger partial charge < -0.3 is 0 Å². The summed E-state index contributed by atoms with van der Waals surface area (Å²) < 4.78 is 2.35. The van der Waals surface area contributed by atoms with Gasteiger partial charge >= 0.3 is 0 Å². The molecular weight excluding hydrogens is 617 g/mol. The first-order valence-electron chi connectivity index (χ1n) is 17.6. The van der Waals surface area contributed by atoms with E-state index in [1.807, 2.05) is 0 Å². The second kappa shape index (κ2) is 10.9. The van der Waals surface area contributed by atoms with Crippen LogP contribution in [0.1, 0.15) is 0 Å². The number of aromatic nitrogens is 2. The third-order valence-electron chi connectivity index (χ3n) is 10.8. The lowest BCUT2D eigenvalue weighted by molar-refractivity contribution is 1.10. The molecule has 2 nitrogen and oxygen atoms in total. The van der Waals surface area contributed by atoms with E-state index in [2.05, 4.69) is 187 Å². The van der Waals surface area contributed by atoms with E-state index in [1.165, 1.54) is 76.8 Å². The number of benzene rings is 9. The molecule has 0 spiro atoms. The highest BCUT2D eigenvalue weighted by Gasteiger charge is 2.25. The number of imidazole rings is 1. The molecule has 1 aliphatic rings. The fourth-order valence-corrected chi connectivity index (χ4v) is 8.67. The van der Waals surface area contributed by atoms with Crippen LogP contribution in [0.2, 0.25) is 0 Å². The summed E-state index contributed by atoms with van der Waals surface area (Å²) in [5.74, 6) is 0.934. The van der Waals surface area contributed by atoms with E-state index in [4.69, 9.17) is 4.98 Å². The van der Waals surface area contributed by atoms with E-state index in [1.54, 1.807) is 0 Å². The molecule has 51 heavy (non-hydrogen) atoms. The minimum Gasteiger partial charge on any atom is -0.292 e. The molecule has 0 fully saturated rings. The summed E-state index contributed by atoms with van der Waals surface area (Å²) in [6.07, 6.45) is 0. The van der Waals surface area contributed by atoms with Crippen molar-refractivity contribution in [3.63, 3.8) is 0 Å². The number of para-hydroxylation sites is 3. The molecule has 0 atom stereocenters. The van der Waals surface area contributed by atoms with Gasteiger partial charge in [0.15, 0.2) is 0 Å². The van der Waals surface area contributed by atoms with Crippen LogP contribution in [-0.4, -0.2) is 9.55 Å². The molecule has 0 saturated heterocycles. The molecule has 1 heterocycles. The molecule has 0 amide bonds. The highest BCUT2D eigenvalue weighted by atomic mass is 15.1. The summed E-state index contributed by atoms with van der Waals surface area (Å²) >= 11 is 0. The largest absolute Gasteiger partial charge is 0.292 e. The Morgan fingerprint density at radius 1 is 0.333 bits per heavy atom. The van der Waals surface area contributed by atoms with Crippen molar-refractivity contribution in [3.05, 3.63) is 182 Å². The average molecular weight is 647 g/mol. The fourth-order valence-electron chi connectivity index (χ4n) is 8.67. The number of fused-ring (bicyclic) bond motifs is 6. The van der Waals surface area contributed by atoms with Gasteiger partial charge in [-0.3, -0.25) is 4.57 Å². The molecule has 1 aromatic heterocycles. The molecule has 0 saturated carbocycles. The Kier molecular flexibility index (Phi) is 5.99. The smallest absolute Gasteiger partial charge is 0.145 e. The fraction of sp³-hybridized carbons (Fsp3) is 0. The molecule has 0 bridgehead atoms. The maximum atomic E-state index is 5.20. The van der Waals surface area contributed by atoms with Crippen molar-refractivity contribution in [2.45, 2.75) is 0 Å². The van der Waals surface area contributed by atoms with Gasteiger partial charge in [0.25, 0.3) is 0 Å². The summed E-state index contributed by atoms with van der Waals surface area (Å²) in [6, 6.07) is 66.1. The zero-order chi connectivity index (χ0) is 33.5. The maximum Gasteiger partial charge on any atom is 0.145 e. The van der Waals surface area contributed by atoms with Crippen molar-refractivity contribution in [1.82, 2.24) is 9.55 Å². The van der Waals surface area contributed by atoms with Crippen LogP contribution in [0.15, 0.2) is 182 Å². The molecule has 0 radical (unpaired) electrons. The third-order valence-corrected chi connectivity index (χ3v) is 10.8. The first kappa shape index (κ1) is 28.1. The standard InChI is InChI=1S/C49H30N2/c1-2-15-31(16-3-1)49-50-43-26-11-13-28-45(43)51(49)44-27-12-10-23-42(44)48-37-21-8-6-19-35(37)47(36-20-7-9-22-38(36)48)41-30-29-40-33-18-5-4-17-32(33)34-24-14-25-39(41)46(34)40/h1-30H. The van der Waals surface area contributed by atoms with E-state index in [0.29, 0.717) is 0 Å². The molecule has 9 aromatic carbocycles. The predicted octanol–water partition coefficient (Wildman–Crippen LogP) is 13.1. The number of hydrogen-bond acceptors (Lipinski definition) is 1. The van der Waals surface area contributed by atoms with Crippen LogP contribution < -0.4 is 0 Å². The Morgan fingerprint density at radius 2 is 0.824 bits per heavy atom. The second-order valence-corrected chi connectivity index (χ2v) is 13.4.